The van der Waals surface area contributed by atoms with Crippen LogP contribution >= 0.6 is 0 Å². The summed E-state index contributed by atoms with van der Waals surface area (Å²) in [6.07, 6.45) is 8.42. The summed E-state index contributed by atoms with van der Waals surface area (Å²) in [4.78, 5) is 15.2. The molecule has 2 rings (SSSR count). The molecule has 1 atom stereocenters. The van der Waals surface area contributed by atoms with Crippen LogP contribution in [0.1, 0.15) is 63.0 Å². The number of unbranched alkanes of at least 4 members (excludes halogenated alkanes) is 3. The lowest BCUT2D eigenvalue weighted by atomic mass is 10.00. The number of nitrogens with zero attached hydrogens (tertiary/aromatic N) is 1. The van der Waals surface area contributed by atoms with E-state index >= 15 is 0 Å². The van der Waals surface area contributed by atoms with Crippen molar-refractivity contribution in [1.82, 2.24) is 4.90 Å². The van der Waals surface area contributed by atoms with Crippen LogP contribution < -0.4 is 5.32 Å². The maximum Gasteiger partial charge on any atom is 0.241 e. The third kappa shape index (κ3) is 5.07. The second kappa shape index (κ2) is 9.07. The Morgan fingerprint density at radius 3 is 2.61 bits per heavy atom. The van der Waals surface area contributed by atoms with Gasteiger partial charge in [0.15, 0.2) is 0 Å². The Bertz CT molecular complexity index is 492. The number of hydrogen-bond acceptors (Lipinski definition) is 2. The molecule has 1 saturated heterocycles. The zero-order valence-corrected chi connectivity index (χ0v) is 15.0. The van der Waals surface area contributed by atoms with Crippen molar-refractivity contribution in [2.24, 2.45) is 0 Å². The van der Waals surface area contributed by atoms with E-state index in [2.05, 4.69) is 43.1 Å². The summed E-state index contributed by atoms with van der Waals surface area (Å²) in [7, 11) is 0. The quantitative estimate of drug-likeness (QED) is 0.741. The highest BCUT2D eigenvalue weighted by Gasteiger charge is 2.28. The van der Waals surface area contributed by atoms with E-state index in [9.17, 15) is 4.79 Å². The number of benzene rings is 1. The molecule has 1 aliphatic rings. The maximum absolute atomic E-state index is 12.8. The van der Waals surface area contributed by atoms with Gasteiger partial charge in [-0.05, 0) is 57.3 Å². The summed E-state index contributed by atoms with van der Waals surface area (Å²) < 4.78 is 0. The van der Waals surface area contributed by atoms with E-state index in [-0.39, 0.29) is 11.9 Å². The van der Waals surface area contributed by atoms with E-state index in [4.69, 9.17) is 0 Å². The minimum absolute atomic E-state index is 0.0457. The number of anilines is 1. The third-order valence-corrected chi connectivity index (χ3v) is 4.94. The van der Waals surface area contributed by atoms with Gasteiger partial charge in [0, 0.05) is 5.69 Å². The molecular formula is C20H32N2O. The Labute approximate surface area is 141 Å². The topological polar surface area (TPSA) is 32.3 Å². The first kappa shape index (κ1) is 18.0. The summed E-state index contributed by atoms with van der Waals surface area (Å²) >= 11 is 0. The zero-order chi connectivity index (χ0) is 16.7. The molecule has 1 heterocycles. The zero-order valence-electron chi connectivity index (χ0n) is 15.0. The molecule has 0 aliphatic carbocycles. The van der Waals surface area contributed by atoms with Crippen LogP contribution in [0.4, 0.5) is 5.69 Å². The molecule has 1 aromatic carbocycles. The smallest absolute Gasteiger partial charge is 0.241 e. The fraction of sp³-hybridized carbons (Fsp3) is 0.650. The molecule has 0 spiro atoms. The van der Waals surface area contributed by atoms with Gasteiger partial charge in [-0.25, -0.2) is 0 Å². The van der Waals surface area contributed by atoms with Gasteiger partial charge >= 0.3 is 0 Å². The van der Waals surface area contributed by atoms with Crippen LogP contribution in [0.15, 0.2) is 18.2 Å². The van der Waals surface area contributed by atoms with Crippen LogP contribution in [0, 0.1) is 13.8 Å². The molecule has 3 heteroatoms. The highest BCUT2D eigenvalue weighted by Crippen LogP contribution is 2.23. The van der Waals surface area contributed by atoms with Crippen molar-refractivity contribution in [2.75, 3.05) is 18.4 Å². The monoisotopic (exact) mass is 316 g/mol. The molecule has 1 aromatic rings. The average molecular weight is 316 g/mol. The average Bonchev–Trinajstić information content (AvgIpc) is 2.55. The Balaban J connectivity index is 1.97. The summed E-state index contributed by atoms with van der Waals surface area (Å²) in [5.74, 6) is 0.178. The summed E-state index contributed by atoms with van der Waals surface area (Å²) in [6.45, 7) is 8.49. The number of carbonyl (C=O) groups excluding carboxylic acids is 1. The number of hydrogen-bond donors (Lipinski definition) is 1. The van der Waals surface area contributed by atoms with Crippen LogP contribution in [0.3, 0.4) is 0 Å². The van der Waals surface area contributed by atoms with Crippen LogP contribution in [-0.4, -0.2) is 29.9 Å². The molecule has 1 N–H and O–H groups in total. The number of carbonyl (C=O) groups is 1. The first-order valence-corrected chi connectivity index (χ1v) is 9.24. The fourth-order valence-electron chi connectivity index (χ4n) is 3.52. The van der Waals surface area contributed by atoms with Gasteiger partial charge in [0.2, 0.25) is 5.91 Å². The lowest BCUT2D eigenvalue weighted by Gasteiger charge is -2.35. The van der Waals surface area contributed by atoms with Crippen molar-refractivity contribution in [3.63, 3.8) is 0 Å². The summed E-state index contributed by atoms with van der Waals surface area (Å²) in [5, 5.41) is 3.20. The fourth-order valence-corrected chi connectivity index (χ4v) is 3.52. The Morgan fingerprint density at radius 1 is 1.17 bits per heavy atom. The number of piperidine rings is 1. The molecule has 1 unspecified atom stereocenters. The highest BCUT2D eigenvalue weighted by atomic mass is 16.2. The Hall–Kier alpha value is -1.35. The Kier molecular flexibility index (Phi) is 7.10. The van der Waals surface area contributed by atoms with Crippen molar-refractivity contribution in [2.45, 2.75) is 71.8 Å². The molecule has 23 heavy (non-hydrogen) atoms. The van der Waals surface area contributed by atoms with Crippen LogP contribution in [0.25, 0.3) is 0 Å². The predicted molar refractivity (Wildman–Crippen MR) is 97.9 cm³/mol. The number of amides is 1. The normalized spacial score (nSPS) is 18.8. The SMILES string of the molecule is CCCCCCN1CCCCC1C(=O)Nc1c(C)cccc1C. The number of aryl methyl sites for hydroxylation is 2. The first-order valence-electron chi connectivity index (χ1n) is 9.24. The molecule has 1 amide bonds. The van der Waals surface area contributed by atoms with Crippen molar-refractivity contribution >= 4 is 11.6 Å². The van der Waals surface area contributed by atoms with Crippen molar-refractivity contribution in [1.29, 1.82) is 0 Å². The standard InChI is InChI=1S/C20H32N2O/c1-4-5-6-8-14-22-15-9-7-13-18(22)20(23)21-19-16(2)11-10-12-17(19)3/h10-12,18H,4-9,13-15H2,1-3H3,(H,21,23). The predicted octanol–water partition coefficient (Wildman–Crippen LogP) is 4.68. The van der Waals surface area contributed by atoms with Gasteiger partial charge in [-0.2, -0.15) is 0 Å². The van der Waals surface area contributed by atoms with Gasteiger partial charge in [0.1, 0.15) is 0 Å². The number of likely N-dealkylation sites (tertiary alicyclic amines) is 1. The van der Waals surface area contributed by atoms with Gasteiger partial charge < -0.3 is 5.32 Å². The van der Waals surface area contributed by atoms with Gasteiger partial charge in [-0.15, -0.1) is 0 Å². The number of para-hydroxylation sites is 1. The van der Waals surface area contributed by atoms with E-state index in [1.54, 1.807) is 0 Å². The molecule has 3 nitrogen and oxygen atoms in total. The van der Waals surface area contributed by atoms with Crippen LogP contribution in [0.2, 0.25) is 0 Å². The molecule has 0 saturated carbocycles. The number of rotatable bonds is 7. The van der Waals surface area contributed by atoms with Crippen molar-refractivity contribution in [3.05, 3.63) is 29.3 Å². The molecule has 0 bridgehead atoms. The molecule has 0 radical (unpaired) electrons. The minimum atomic E-state index is 0.0457. The molecule has 0 aromatic heterocycles. The molecule has 1 fully saturated rings. The van der Waals surface area contributed by atoms with E-state index in [0.717, 1.165) is 42.7 Å². The summed E-state index contributed by atoms with van der Waals surface area (Å²) in [5.41, 5.74) is 3.28. The second-order valence-electron chi connectivity index (χ2n) is 6.86. The molecule has 1 aliphatic heterocycles. The van der Waals surface area contributed by atoms with Gasteiger partial charge in [0.25, 0.3) is 0 Å². The van der Waals surface area contributed by atoms with E-state index in [0.29, 0.717) is 0 Å². The number of nitrogens with one attached hydrogen (secondary N) is 1. The van der Waals surface area contributed by atoms with Crippen LogP contribution in [-0.2, 0) is 4.79 Å². The highest BCUT2D eigenvalue weighted by molar-refractivity contribution is 5.96. The molecular weight excluding hydrogens is 284 g/mol. The van der Waals surface area contributed by atoms with E-state index < -0.39 is 0 Å². The lowest BCUT2D eigenvalue weighted by molar-refractivity contribution is -0.122. The van der Waals surface area contributed by atoms with E-state index in [1.807, 2.05) is 6.07 Å². The largest absolute Gasteiger partial charge is 0.324 e. The summed E-state index contributed by atoms with van der Waals surface area (Å²) in [6, 6.07) is 6.21. The maximum atomic E-state index is 12.8. The second-order valence-corrected chi connectivity index (χ2v) is 6.86. The molecule has 128 valence electrons. The van der Waals surface area contributed by atoms with E-state index in [1.165, 1.54) is 32.1 Å². The minimum Gasteiger partial charge on any atom is -0.324 e. The van der Waals surface area contributed by atoms with Gasteiger partial charge in [0.05, 0.1) is 6.04 Å². The first-order chi connectivity index (χ1) is 11.1. The lowest BCUT2D eigenvalue weighted by Crippen LogP contribution is -2.47. The van der Waals surface area contributed by atoms with Gasteiger partial charge in [-0.1, -0.05) is 50.8 Å². The Morgan fingerprint density at radius 2 is 1.91 bits per heavy atom. The third-order valence-electron chi connectivity index (χ3n) is 4.94. The van der Waals surface area contributed by atoms with Gasteiger partial charge in [-0.3, -0.25) is 9.69 Å². The van der Waals surface area contributed by atoms with Crippen LogP contribution in [0.5, 0.6) is 0 Å². The van der Waals surface area contributed by atoms with Crippen molar-refractivity contribution in [3.8, 4) is 0 Å². The van der Waals surface area contributed by atoms with Crippen molar-refractivity contribution < 1.29 is 4.79 Å².